The van der Waals surface area contributed by atoms with Crippen LogP contribution in [0.4, 0.5) is 30.2 Å². The Bertz CT molecular complexity index is 1280. The molecule has 1 aromatic heterocycles. The van der Waals surface area contributed by atoms with E-state index in [0.717, 1.165) is 17.7 Å². The van der Waals surface area contributed by atoms with Gasteiger partial charge in [-0.1, -0.05) is 6.07 Å². The van der Waals surface area contributed by atoms with Crippen molar-refractivity contribution >= 4 is 28.9 Å². The van der Waals surface area contributed by atoms with Crippen molar-refractivity contribution in [2.75, 3.05) is 48.8 Å². The molecule has 1 fully saturated rings. The minimum atomic E-state index is -4.60. The predicted molar refractivity (Wildman–Crippen MR) is 129 cm³/mol. The van der Waals surface area contributed by atoms with Crippen molar-refractivity contribution in [2.24, 2.45) is 0 Å². The first-order chi connectivity index (χ1) is 17.0. The summed E-state index contributed by atoms with van der Waals surface area (Å²) in [5.41, 5.74) is 0.942. The van der Waals surface area contributed by atoms with Crippen LogP contribution in [0.5, 0.6) is 0 Å². The Balaban J connectivity index is 1.57. The van der Waals surface area contributed by atoms with Gasteiger partial charge in [-0.25, -0.2) is 4.98 Å². The van der Waals surface area contributed by atoms with E-state index >= 15 is 0 Å². The van der Waals surface area contributed by atoms with Crippen LogP contribution >= 0.6 is 0 Å². The number of anilines is 3. The van der Waals surface area contributed by atoms with E-state index < -0.39 is 23.6 Å². The summed E-state index contributed by atoms with van der Waals surface area (Å²) in [6.07, 6.45) is -3.43. The largest absolute Gasteiger partial charge is 0.448 e. The lowest BCUT2D eigenvalue weighted by molar-refractivity contribution is -0.137. The number of carbonyl (C=O) groups excluding carboxylic acids is 2. The monoisotopic (exact) mass is 501 g/mol. The third-order valence-electron chi connectivity index (χ3n) is 6.08. The first-order valence-electron chi connectivity index (χ1n) is 11.3. The van der Waals surface area contributed by atoms with Gasteiger partial charge in [0.2, 0.25) is 0 Å². The molecule has 36 heavy (non-hydrogen) atoms. The normalized spacial score (nSPS) is 14.6. The van der Waals surface area contributed by atoms with Crippen LogP contribution in [-0.2, 0) is 6.18 Å². The molecule has 8 nitrogen and oxygen atoms in total. The maximum atomic E-state index is 13.6. The van der Waals surface area contributed by atoms with Crippen molar-refractivity contribution in [1.29, 1.82) is 0 Å². The molecule has 3 aromatic rings. The Morgan fingerprint density at radius 1 is 0.972 bits per heavy atom. The third kappa shape index (κ3) is 5.68. The number of benzene rings is 2. The first kappa shape index (κ1) is 25.2. The number of nitrogens with zero attached hydrogens (tertiary/aromatic N) is 3. The number of rotatable bonds is 5. The van der Waals surface area contributed by atoms with Crippen LogP contribution in [0.25, 0.3) is 0 Å². The third-order valence-corrected chi connectivity index (χ3v) is 6.08. The van der Waals surface area contributed by atoms with Gasteiger partial charge in [0.15, 0.2) is 12.1 Å². The Hall–Kier alpha value is -3.86. The van der Waals surface area contributed by atoms with Gasteiger partial charge in [-0.15, -0.1) is 0 Å². The quantitative estimate of drug-likeness (QED) is 0.533. The summed E-state index contributed by atoms with van der Waals surface area (Å²) >= 11 is 0. The van der Waals surface area contributed by atoms with Crippen molar-refractivity contribution in [2.45, 2.75) is 20.0 Å². The lowest BCUT2D eigenvalue weighted by atomic mass is 10.1. The molecular formula is C25H26F3N5O3. The molecule has 0 atom stereocenters. The number of piperazine rings is 1. The molecule has 2 N–H and O–H groups in total. The molecule has 0 radical (unpaired) electrons. The van der Waals surface area contributed by atoms with E-state index in [1.54, 1.807) is 26.0 Å². The lowest BCUT2D eigenvalue weighted by Gasteiger charge is -2.34. The summed E-state index contributed by atoms with van der Waals surface area (Å²) < 4.78 is 45.9. The molecule has 2 amide bonds. The molecule has 0 spiro atoms. The number of carbonyl (C=O) groups is 2. The molecule has 1 saturated heterocycles. The Morgan fingerprint density at radius 2 is 1.69 bits per heavy atom. The number of hydrogen-bond donors (Lipinski definition) is 2. The molecule has 2 aromatic carbocycles. The van der Waals surface area contributed by atoms with Crippen LogP contribution in [0.3, 0.4) is 0 Å². The number of alkyl halides is 3. The number of likely N-dealkylation sites (N-methyl/N-ethyl adjacent to an activating group) is 1. The van der Waals surface area contributed by atoms with Gasteiger partial charge in [0.25, 0.3) is 11.8 Å². The average Bonchev–Trinajstić information content (AvgIpc) is 3.26. The van der Waals surface area contributed by atoms with Crippen LogP contribution in [0.1, 0.15) is 37.7 Å². The Labute approximate surface area is 206 Å². The van der Waals surface area contributed by atoms with Gasteiger partial charge in [0, 0.05) is 48.8 Å². The van der Waals surface area contributed by atoms with Crippen LogP contribution in [0.15, 0.2) is 47.2 Å². The van der Waals surface area contributed by atoms with Gasteiger partial charge in [-0.05, 0) is 56.8 Å². The highest BCUT2D eigenvalue weighted by Gasteiger charge is 2.32. The highest BCUT2D eigenvalue weighted by molar-refractivity contribution is 6.06. The number of nitrogens with one attached hydrogen (secondary N) is 2. The minimum absolute atomic E-state index is 0.108. The second-order valence-electron chi connectivity index (χ2n) is 8.75. The number of aromatic nitrogens is 1. The second kappa shape index (κ2) is 10.0. The van der Waals surface area contributed by atoms with Crippen LogP contribution in [0, 0.1) is 13.8 Å². The van der Waals surface area contributed by atoms with E-state index in [-0.39, 0.29) is 11.3 Å². The zero-order valence-corrected chi connectivity index (χ0v) is 20.1. The predicted octanol–water partition coefficient (Wildman–Crippen LogP) is 4.57. The summed E-state index contributed by atoms with van der Waals surface area (Å²) in [7, 11) is 1.95. The van der Waals surface area contributed by atoms with E-state index in [4.69, 9.17) is 4.42 Å². The molecule has 0 unspecified atom stereocenters. The van der Waals surface area contributed by atoms with Gasteiger partial charge < -0.3 is 24.9 Å². The molecule has 1 aliphatic heterocycles. The van der Waals surface area contributed by atoms with E-state index in [1.165, 1.54) is 18.5 Å². The Morgan fingerprint density at radius 3 is 2.33 bits per heavy atom. The van der Waals surface area contributed by atoms with Gasteiger partial charge in [0.1, 0.15) is 5.76 Å². The topological polar surface area (TPSA) is 90.7 Å². The van der Waals surface area contributed by atoms with Crippen molar-refractivity contribution < 1.29 is 27.2 Å². The minimum Gasteiger partial charge on any atom is -0.448 e. The number of oxazole rings is 1. The smallest absolute Gasteiger partial charge is 0.416 e. The van der Waals surface area contributed by atoms with Gasteiger partial charge in [-0.2, -0.15) is 13.2 Å². The summed E-state index contributed by atoms with van der Waals surface area (Å²) in [5.74, 6) is -0.817. The molecule has 0 aliphatic carbocycles. The fourth-order valence-electron chi connectivity index (χ4n) is 3.90. The second-order valence-corrected chi connectivity index (χ2v) is 8.75. The molecule has 2 heterocycles. The lowest BCUT2D eigenvalue weighted by Crippen LogP contribution is -2.44. The fraction of sp³-hybridized carbons (Fsp3) is 0.320. The summed E-state index contributed by atoms with van der Waals surface area (Å²) in [4.78, 5) is 33.3. The first-order valence-corrected chi connectivity index (χ1v) is 11.3. The van der Waals surface area contributed by atoms with E-state index in [0.29, 0.717) is 49.0 Å². The molecule has 4 rings (SSSR count). The van der Waals surface area contributed by atoms with E-state index in [1.807, 2.05) is 11.9 Å². The summed E-state index contributed by atoms with van der Waals surface area (Å²) in [6.45, 7) is 5.92. The molecule has 0 saturated carbocycles. The summed E-state index contributed by atoms with van der Waals surface area (Å²) in [5, 5.41) is 5.36. The van der Waals surface area contributed by atoms with Gasteiger partial charge in [0.05, 0.1) is 5.56 Å². The molecule has 190 valence electrons. The van der Waals surface area contributed by atoms with Crippen LogP contribution in [-0.4, -0.2) is 54.9 Å². The van der Waals surface area contributed by atoms with Gasteiger partial charge >= 0.3 is 6.18 Å². The molecule has 11 heteroatoms. The molecule has 0 bridgehead atoms. The van der Waals surface area contributed by atoms with Crippen molar-refractivity contribution in [1.82, 2.24) is 9.88 Å². The maximum absolute atomic E-state index is 13.6. The number of amides is 2. The van der Waals surface area contributed by atoms with E-state index in [2.05, 4.69) is 20.5 Å². The number of aryl methyl sites for hydroxylation is 2. The average molecular weight is 502 g/mol. The Kier molecular flexibility index (Phi) is 7.02. The molecular weight excluding hydrogens is 475 g/mol. The fourth-order valence-corrected chi connectivity index (χ4v) is 3.90. The maximum Gasteiger partial charge on any atom is 0.416 e. The standard InChI is InChI=1S/C25H26F3N5O3/c1-15-4-5-19(13-21(15)31-24(35)22-16(2)36-14-29-22)30-23(34)17-10-18(25(26,27)28)12-20(11-17)33-8-6-32(3)7-9-33/h4-5,10-14H,6-9H2,1-3H3,(H,30,34)(H,31,35). The zero-order chi connectivity index (χ0) is 26.0. The van der Waals surface area contributed by atoms with Gasteiger partial charge in [-0.3, -0.25) is 9.59 Å². The van der Waals surface area contributed by atoms with Crippen LogP contribution in [0.2, 0.25) is 0 Å². The van der Waals surface area contributed by atoms with E-state index in [9.17, 15) is 22.8 Å². The highest BCUT2D eigenvalue weighted by atomic mass is 19.4. The molecule has 1 aliphatic rings. The zero-order valence-electron chi connectivity index (χ0n) is 20.1. The van der Waals surface area contributed by atoms with Crippen molar-refractivity contribution in [3.05, 3.63) is 70.9 Å². The van der Waals surface area contributed by atoms with Crippen molar-refractivity contribution in [3.63, 3.8) is 0 Å². The summed E-state index contributed by atoms with van der Waals surface area (Å²) in [6, 6.07) is 8.23. The van der Waals surface area contributed by atoms with Crippen LogP contribution < -0.4 is 15.5 Å². The SMILES string of the molecule is Cc1ccc(NC(=O)c2cc(N3CCN(C)CC3)cc(C(F)(F)F)c2)cc1NC(=O)c1ncoc1C. The highest BCUT2D eigenvalue weighted by Crippen LogP contribution is 2.34. The van der Waals surface area contributed by atoms with Crippen molar-refractivity contribution in [3.8, 4) is 0 Å². The number of halogens is 3. The number of hydrogen-bond acceptors (Lipinski definition) is 6.